The standard InChI is InChI=1S/C18H10F3NO3S/c19-12-4-2-1-3-10(12)9-7-13(20)15(14(21)8-9)22-17(23)11-5-6-26-16(11)18(24)25/h1-8H,(H,22,23)(H,24,25). The summed E-state index contributed by atoms with van der Waals surface area (Å²) in [4.78, 5) is 23.0. The number of anilines is 1. The topological polar surface area (TPSA) is 66.4 Å². The van der Waals surface area contributed by atoms with Crippen LogP contribution in [0.5, 0.6) is 0 Å². The number of amides is 1. The molecule has 132 valence electrons. The SMILES string of the molecule is O=C(Nc1c(F)cc(-c2ccccc2F)cc1F)c1ccsc1C(=O)O. The number of carboxylic acid groups (broad SMARTS) is 1. The van der Waals surface area contributed by atoms with Crippen LogP contribution in [0, 0.1) is 17.5 Å². The number of thiophene rings is 1. The van der Waals surface area contributed by atoms with Crippen LogP contribution in [0.3, 0.4) is 0 Å². The van der Waals surface area contributed by atoms with Gasteiger partial charge in [-0.05, 0) is 35.2 Å². The molecular formula is C18H10F3NO3S. The third-order valence-corrected chi connectivity index (χ3v) is 4.47. The zero-order valence-corrected chi connectivity index (χ0v) is 13.7. The fourth-order valence-corrected chi connectivity index (χ4v) is 3.11. The normalized spacial score (nSPS) is 10.6. The van der Waals surface area contributed by atoms with Gasteiger partial charge in [-0.2, -0.15) is 0 Å². The second-order valence-corrected chi connectivity index (χ2v) is 6.13. The molecule has 3 aromatic rings. The van der Waals surface area contributed by atoms with E-state index in [1.165, 1.54) is 29.6 Å². The van der Waals surface area contributed by atoms with Crippen LogP contribution in [0.2, 0.25) is 0 Å². The number of hydrogen-bond donors (Lipinski definition) is 2. The van der Waals surface area contributed by atoms with Gasteiger partial charge < -0.3 is 10.4 Å². The molecule has 0 atom stereocenters. The zero-order valence-electron chi connectivity index (χ0n) is 12.9. The Hall–Kier alpha value is -3.13. The summed E-state index contributed by atoms with van der Waals surface area (Å²) < 4.78 is 42.4. The molecule has 0 fully saturated rings. The van der Waals surface area contributed by atoms with Gasteiger partial charge in [0.1, 0.15) is 28.0 Å². The molecule has 2 N–H and O–H groups in total. The van der Waals surface area contributed by atoms with E-state index in [0.717, 1.165) is 29.5 Å². The molecule has 8 heteroatoms. The van der Waals surface area contributed by atoms with E-state index in [2.05, 4.69) is 0 Å². The Labute approximate surface area is 149 Å². The number of halogens is 3. The molecule has 0 aliphatic rings. The van der Waals surface area contributed by atoms with Crippen molar-refractivity contribution in [1.82, 2.24) is 0 Å². The largest absolute Gasteiger partial charge is 0.477 e. The van der Waals surface area contributed by atoms with Crippen molar-refractivity contribution < 1.29 is 27.9 Å². The van der Waals surface area contributed by atoms with E-state index < -0.39 is 35.0 Å². The fraction of sp³-hybridized carbons (Fsp3) is 0. The lowest BCUT2D eigenvalue weighted by Gasteiger charge is -2.10. The Morgan fingerprint density at radius 3 is 2.23 bits per heavy atom. The van der Waals surface area contributed by atoms with Crippen LogP contribution >= 0.6 is 11.3 Å². The Balaban J connectivity index is 1.94. The van der Waals surface area contributed by atoms with Gasteiger partial charge >= 0.3 is 5.97 Å². The van der Waals surface area contributed by atoms with E-state index >= 15 is 0 Å². The van der Waals surface area contributed by atoms with Crippen molar-refractivity contribution >= 4 is 28.9 Å². The van der Waals surface area contributed by atoms with Gasteiger partial charge in [0.05, 0.1) is 5.56 Å². The maximum atomic E-state index is 14.3. The molecule has 1 aromatic heterocycles. The lowest BCUT2D eigenvalue weighted by atomic mass is 10.0. The molecule has 1 heterocycles. The molecule has 0 bridgehead atoms. The van der Waals surface area contributed by atoms with Gasteiger partial charge in [0.25, 0.3) is 5.91 Å². The summed E-state index contributed by atoms with van der Waals surface area (Å²) in [6, 6.07) is 8.52. The van der Waals surface area contributed by atoms with E-state index in [1.54, 1.807) is 0 Å². The molecule has 0 unspecified atom stereocenters. The Morgan fingerprint density at radius 2 is 1.62 bits per heavy atom. The molecule has 2 aromatic carbocycles. The first-order valence-corrected chi connectivity index (χ1v) is 8.12. The molecule has 0 saturated heterocycles. The minimum atomic E-state index is -1.32. The predicted octanol–water partition coefficient (Wildman–Crippen LogP) is 4.78. The van der Waals surface area contributed by atoms with E-state index in [4.69, 9.17) is 5.11 Å². The average Bonchev–Trinajstić information content (AvgIpc) is 3.08. The smallest absolute Gasteiger partial charge is 0.346 e. The van der Waals surface area contributed by atoms with Gasteiger partial charge in [0, 0.05) is 5.56 Å². The first-order chi connectivity index (χ1) is 12.4. The van der Waals surface area contributed by atoms with Gasteiger partial charge in [-0.15, -0.1) is 11.3 Å². The quantitative estimate of drug-likeness (QED) is 0.687. The number of nitrogens with one attached hydrogen (secondary N) is 1. The molecular weight excluding hydrogens is 367 g/mol. The highest BCUT2D eigenvalue weighted by molar-refractivity contribution is 7.12. The van der Waals surface area contributed by atoms with E-state index in [1.807, 2.05) is 5.32 Å². The minimum absolute atomic E-state index is 0.00849. The zero-order chi connectivity index (χ0) is 18.8. The number of carbonyl (C=O) groups is 2. The lowest BCUT2D eigenvalue weighted by Crippen LogP contribution is -2.16. The first kappa shape index (κ1) is 17.7. The van der Waals surface area contributed by atoms with Gasteiger partial charge in [0.2, 0.25) is 0 Å². The molecule has 0 aliphatic heterocycles. The molecule has 3 rings (SSSR count). The van der Waals surface area contributed by atoms with Crippen LogP contribution in [-0.4, -0.2) is 17.0 Å². The van der Waals surface area contributed by atoms with Crippen LogP contribution in [0.15, 0.2) is 47.8 Å². The van der Waals surface area contributed by atoms with Crippen LogP contribution < -0.4 is 5.32 Å². The van der Waals surface area contributed by atoms with Crippen molar-refractivity contribution in [2.45, 2.75) is 0 Å². The number of carboxylic acids is 1. The molecule has 1 amide bonds. The van der Waals surface area contributed by atoms with Crippen molar-refractivity contribution in [3.63, 3.8) is 0 Å². The minimum Gasteiger partial charge on any atom is -0.477 e. The van der Waals surface area contributed by atoms with Crippen molar-refractivity contribution in [2.75, 3.05) is 5.32 Å². The molecule has 0 radical (unpaired) electrons. The summed E-state index contributed by atoms with van der Waals surface area (Å²) in [5.41, 5.74) is -0.968. The number of carbonyl (C=O) groups excluding carboxylic acids is 1. The molecule has 0 saturated carbocycles. The number of hydrogen-bond acceptors (Lipinski definition) is 3. The van der Waals surface area contributed by atoms with Gasteiger partial charge in [-0.1, -0.05) is 18.2 Å². The van der Waals surface area contributed by atoms with Crippen molar-refractivity contribution in [1.29, 1.82) is 0 Å². The molecule has 26 heavy (non-hydrogen) atoms. The maximum Gasteiger partial charge on any atom is 0.346 e. The Morgan fingerprint density at radius 1 is 0.962 bits per heavy atom. The number of benzene rings is 2. The summed E-state index contributed by atoms with van der Waals surface area (Å²) in [6.45, 7) is 0. The van der Waals surface area contributed by atoms with E-state index in [9.17, 15) is 22.8 Å². The molecule has 0 spiro atoms. The highest BCUT2D eigenvalue weighted by atomic mass is 32.1. The molecule has 4 nitrogen and oxygen atoms in total. The summed E-state index contributed by atoms with van der Waals surface area (Å²) in [6.07, 6.45) is 0. The van der Waals surface area contributed by atoms with Gasteiger partial charge in [0.15, 0.2) is 0 Å². The summed E-state index contributed by atoms with van der Waals surface area (Å²) in [7, 11) is 0. The average molecular weight is 377 g/mol. The third-order valence-electron chi connectivity index (χ3n) is 3.57. The highest BCUT2D eigenvalue weighted by Crippen LogP contribution is 2.29. The van der Waals surface area contributed by atoms with Crippen molar-refractivity contribution in [3.8, 4) is 11.1 Å². The van der Waals surface area contributed by atoms with Crippen LogP contribution in [-0.2, 0) is 0 Å². The lowest BCUT2D eigenvalue weighted by molar-refractivity contribution is 0.0698. The third kappa shape index (κ3) is 3.31. The summed E-state index contributed by atoms with van der Waals surface area (Å²) in [5, 5.41) is 12.4. The van der Waals surface area contributed by atoms with Crippen LogP contribution in [0.4, 0.5) is 18.9 Å². The second kappa shape index (κ2) is 7.01. The first-order valence-electron chi connectivity index (χ1n) is 7.24. The van der Waals surface area contributed by atoms with Crippen LogP contribution in [0.25, 0.3) is 11.1 Å². The van der Waals surface area contributed by atoms with Gasteiger partial charge in [-0.3, -0.25) is 4.79 Å². The maximum absolute atomic E-state index is 14.3. The Kier molecular flexibility index (Phi) is 4.77. The van der Waals surface area contributed by atoms with E-state index in [-0.39, 0.29) is 21.6 Å². The van der Waals surface area contributed by atoms with Gasteiger partial charge in [-0.25, -0.2) is 18.0 Å². The highest BCUT2D eigenvalue weighted by Gasteiger charge is 2.21. The summed E-state index contributed by atoms with van der Waals surface area (Å²) >= 11 is 0.817. The van der Waals surface area contributed by atoms with E-state index in [0.29, 0.717) is 0 Å². The van der Waals surface area contributed by atoms with Crippen LogP contribution in [0.1, 0.15) is 20.0 Å². The number of rotatable bonds is 4. The monoisotopic (exact) mass is 377 g/mol. The summed E-state index contributed by atoms with van der Waals surface area (Å²) in [5.74, 6) is -5.14. The molecule has 0 aliphatic carbocycles. The van der Waals surface area contributed by atoms with Crippen molar-refractivity contribution in [3.05, 3.63) is 75.7 Å². The fourth-order valence-electron chi connectivity index (χ4n) is 2.38. The predicted molar refractivity (Wildman–Crippen MR) is 91.0 cm³/mol. The van der Waals surface area contributed by atoms with Crippen molar-refractivity contribution in [2.24, 2.45) is 0 Å². The number of aromatic carboxylic acids is 1. The Bertz CT molecular complexity index is 993. The second-order valence-electron chi connectivity index (χ2n) is 5.22.